The quantitative estimate of drug-likeness (QED) is 0.642. The van der Waals surface area contributed by atoms with Gasteiger partial charge < -0.3 is 5.32 Å². The smallest absolute Gasteiger partial charge is 0.129 e. The third-order valence-corrected chi connectivity index (χ3v) is 3.19. The molecule has 0 bridgehead atoms. The molecule has 3 heteroatoms. The van der Waals surface area contributed by atoms with Crippen LogP contribution in [0, 0.1) is 0 Å². The highest BCUT2D eigenvalue weighted by atomic mass is 35.5. The molecular formula is C13H17ClN2. The number of halogens is 1. The van der Waals surface area contributed by atoms with Gasteiger partial charge >= 0.3 is 0 Å². The monoisotopic (exact) mass is 236 g/mol. The summed E-state index contributed by atoms with van der Waals surface area (Å²) in [6, 6.07) is 4.68. The molecule has 1 heterocycles. The van der Waals surface area contributed by atoms with Crippen molar-refractivity contribution in [2.45, 2.75) is 38.3 Å². The van der Waals surface area contributed by atoms with Gasteiger partial charge in [-0.2, -0.15) is 0 Å². The molecule has 1 aliphatic rings. The predicted molar refractivity (Wildman–Crippen MR) is 67.6 cm³/mol. The first-order valence-corrected chi connectivity index (χ1v) is 6.17. The van der Waals surface area contributed by atoms with Gasteiger partial charge in [0.2, 0.25) is 0 Å². The Bertz CT molecular complexity index is 359. The molecule has 0 spiro atoms. The Morgan fingerprint density at radius 3 is 3.00 bits per heavy atom. The topological polar surface area (TPSA) is 24.9 Å². The van der Waals surface area contributed by atoms with Crippen LogP contribution in [0.25, 0.3) is 0 Å². The van der Waals surface area contributed by atoms with E-state index in [0.29, 0.717) is 17.2 Å². The Balaban J connectivity index is 1.96. The second-order valence-corrected chi connectivity index (χ2v) is 4.66. The zero-order valence-electron chi connectivity index (χ0n) is 9.49. The Kier molecular flexibility index (Phi) is 3.97. The Labute approximate surface area is 102 Å². The Morgan fingerprint density at radius 1 is 1.50 bits per heavy atom. The lowest BCUT2D eigenvalue weighted by Crippen LogP contribution is -2.30. The van der Waals surface area contributed by atoms with Crippen LogP contribution in [0.1, 0.15) is 37.8 Å². The summed E-state index contributed by atoms with van der Waals surface area (Å²) in [7, 11) is 0. The lowest BCUT2D eigenvalue weighted by molar-refractivity contribution is 0.467. The zero-order chi connectivity index (χ0) is 11.4. The van der Waals surface area contributed by atoms with Crippen LogP contribution in [0.4, 0.5) is 0 Å². The highest BCUT2D eigenvalue weighted by Gasteiger charge is 2.12. The second-order valence-electron chi connectivity index (χ2n) is 4.27. The summed E-state index contributed by atoms with van der Waals surface area (Å²) in [4.78, 5) is 4.10. The number of nitrogens with zero attached hydrogens (tertiary/aromatic N) is 1. The van der Waals surface area contributed by atoms with Crippen molar-refractivity contribution in [2.75, 3.05) is 0 Å². The van der Waals surface area contributed by atoms with Crippen molar-refractivity contribution in [1.82, 2.24) is 10.3 Å². The molecule has 1 aromatic heterocycles. The Hall–Kier alpha value is -0.860. The predicted octanol–water partition coefficient (Wildman–Crippen LogP) is 3.49. The van der Waals surface area contributed by atoms with Gasteiger partial charge in [0.1, 0.15) is 5.15 Å². The van der Waals surface area contributed by atoms with Crippen LogP contribution in [0.3, 0.4) is 0 Å². The largest absolute Gasteiger partial charge is 0.304 e. The van der Waals surface area contributed by atoms with Gasteiger partial charge in [0, 0.05) is 18.3 Å². The SMILES string of the molecule is CC(NC1C=CCCC1)c1ccc(Cl)nc1. The molecule has 1 aromatic rings. The standard InChI is InChI=1S/C13H17ClN2/c1-10(11-7-8-13(14)15-9-11)16-12-5-3-2-4-6-12/h3,5,7-10,12,16H,2,4,6H2,1H3. The molecule has 0 saturated heterocycles. The van der Waals surface area contributed by atoms with Gasteiger partial charge in [-0.05, 0) is 37.8 Å². The first-order valence-electron chi connectivity index (χ1n) is 5.80. The summed E-state index contributed by atoms with van der Waals surface area (Å²) in [5.74, 6) is 0. The van der Waals surface area contributed by atoms with Crippen molar-refractivity contribution in [2.24, 2.45) is 0 Å². The average molecular weight is 237 g/mol. The number of pyridine rings is 1. The lowest BCUT2D eigenvalue weighted by Gasteiger charge is -2.23. The van der Waals surface area contributed by atoms with Crippen LogP contribution >= 0.6 is 11.6 Å². The summed E-state index contributed by atoms with van der Waals surface area (Å²) in [6.45, 7) is 2.16. The molecule has 0 aromatic carbocycles. The molecule has 2 nitrogen and oxygen atoms in total. The van der Waals surface area contributed by atoms with E-state index in [1.165, 1.54) is 24.8 Å². The molecule has 0 aliphatic heterocycles. The summed E-state index contributed by atoms with van der Waals surface area (Å²) < 4.78 is 0. The van der Waals surface area contributed by atoms with E-state index in [9.17, 15) is 0 Å². The molecule has 16 heavy (non-hydrogen) atoms. The van der Waals surface area contributed by atoms with Gasteiger partial charge in [-0.15, -0.1) is 0 Å². The molecule has 1 N–H and O–H groups in total. The van der Waals surface area contributed by atoms with Crippen LogP contribution < -0.4 is 5.32 Å². The van der Waals surface area contributed by atoms with Gasteiger partial charge in [-0.1, -0.05) is 29.8 Å². The number of rotatable bonds is 3. The highest BCUT2D eigenvalue weighted by molar-refractivity contribution is 6.29. The van der Waals surface area contributed by atoms with Crippen molar-refractivity contribution in [3.05, 3.63) is 41.2 Å². The maximum absolute atomic E-state index is 5.77. The molecule has 0 radical (unpaired) electrons. The number of hydrogen-bond donors (Lipinski definition) is 1. The maximum Gasteiger partial charge on any atom is 0.129 e. The number of allylic oxidation sites excluding steroid dienone is 1. The van der Waals surface area contributed by atoms with Gasteiger partial charge in [-0.25, -0.2) is 4.98 Å². The normalized spacial score (nSPS) is 22.0. The highest BCUT2D eigenvalue weighted by Crippen LogP contribution is 2.17. The fourth-order valence-corrected chi connectivity index (χ4v) is 2.12. The third kappa shape index (κ3) is 3.06. The fraction of sp³-hybridized carbons (Fsp3) is 0.462. The van der Waals surface area contributed by atoms with Crippen LogP contribution in [-0.2, 0) is 0 Å². The number of aromatic nitrogens is 1. The van der Waals surface area contributed by atoms with Crippen LogP contribution in [-0.4, -0.2) is 11.0 Å². The minimum absolute atomic E-state index is 0.317. The molecule has 86 valence electrons. The minimum atomic E-state index is 0.317. The maximum atomic E-state index is 5.77. The first kappa shape index (κ1) is 11.6. The second kappa shape index (κ2) is 5.46. The first-order chi connectivity index (χ1) is 7.75. The van der Waals surface area contributed by atoms with Gasteiger partial charge in [0.25, 0.3) is 0 Å². The van der Waals surface area contributed by atoms with E-state index in [-0.39, 0.29) is 0 Å². The van der Waals surface area contributed by atoms with Crippen molar-refractivity contribution < 1.29 is 0 Å². The summed E-state index contributed by atoms with van der Waals surface area (Å²) in [5, 5.41) is 4.13. The fourth-order valence-electron chi connectivity index (χ4n) is 2.01. The van der Waals surface area contributed by atoms with Crippen molar-refractivity contribution in [1.29, 1.82) is 0 Å². The van der Waals surface area contributed by atoms with Crippen molar-refractivity contribution in [3.8, 4) is 0 Å². The lowest BCUT2D eigenvalue weighted by atomic mass is 10.0. The third-order valence-electron chi connectivity index (χ3n) is 2.97. The summed E-state index contributed by atoms with van der Waals surface area (Å²) in [5.41, 5.74) is 1.18. The molecule has 2 unspecified atom stereocenters. The van der Waals surface area contributed by atoms with Crippen molar-refractivity contribution in [3.63, 3.8) is 0 Å². The average Bonchev–Trinajstić information content (AvgIpc) is 2.31. The van der Waals surface area contributed by atoms with Crippen LogP contribution in [0.15, 0.2) is 30.5 Å². The van der Waals surface area contributed by atoms with E-state index < -0.39 is 0 Å². The van der Waals surface area contributed by atoms with Gasteiger partial charge in [0.15, 0.2) is 0 Å². The zero-order valence-corrected chi connectivity index (χ0v) is 10.2. The molecule has 1 aliphatic carbocycles. The number of nitrogens with one attached hydrogen (secondary N) is 1. The van der Waals surface area contributed by atoms with E-state index in [0.717, 1.165) is 0 Å². The summed E-state index contributed by atoms with van der Waals surface area (Å²) in [6.07, 6.45) is 10.1. The van der Waals surface area contributed by atoms with E-state index in [1.807, 2.05) is 18.3 Å². The molecule has 2 atom stereocenters. The van der Waals surface area contributed by atoms with Gasteiger partial charge in [0.05, 0.1) is 0 Å². The van der Waals surface area contributed by atoms with E-state index in [1.54, 1.807) is 0 Å². The van der Waals surface area contributed by atoms with Crippen molar-refractivity contribution >= 4 is 11.6 Å². The van der Waals surface area contributed by atoms with E-state index in [4.69, 9.17) is 11.6 Å². The van der Waals surface area contributed by atoms with E-state index >= 15 is 0 Å². The molecule has 0 amide bonds. The molecule has 2 rings (SSSR count). The van der Waals surface area contributed by atoms with Crippen LogP contribution in [0.2, 0.25) is 5.15 Å². The van der Waals surface area contributed by atoms with Gasteiger partial charge in [-0.3, -0.25) is 0 Å². The molecule has 0 fully saturated rings. The molecule has 0 saturated carbocycles. The number of hydrogen-bond acceptors (Lipinski definition) is 2. The van der Waals surface area contributed by atoms with E-state index in [2.05, 4.69) is 29.4 Å². The minimum Gasteiger partial charge on any atom is -0.304 e. The molecular weight excluding hydrogens is 220 g/mol. The van der Waals surface area contributed by atoms with Crippen LogP contribution in [0.5, 0.6) is 0 Å². The Morgan fingerprint density at radius 2 is 2.38 bits per heavy atom. The summed E-state index contributed by atoms with van der Waals surface area (Å²) >= 11 is 5.77.